The van der Waals surface area contributed by atoms with Crippen molar-refractivity contribution < 1.29 is 27.8 Å². The van der Waals surface area contributed by atoms with Crippen LogP contribution >= 0.6 is 0 Å². The van der Waals surface area contributed by atoms with Crippen molar-refractivity contribution in [3.63, 3.8) is 0 Å². The molecule has 1 aromatic carbocycles. The molecule has 1 heterocycles. The Bertz CT molecular complexity index is 569. The minimum Gasteiger partial charge on any atom is -0.394 e. The molecule has 2 unspecified atom stereocenters. The molecule has 0 aromatic heterocycles. The maximum Gasteiger partial charge on any atom is 0.416 e. The number of ether oxygens (including phenoxy) is 1. The van der Waals surface area contributed by atoms with Gasteiger partial charge >= 0.3 is 6.18 Å². The molecule has 0 spiro atoms. The van der Waals surface area contributed by atoms with E-state index in [1.165, 1.54) is 24.3 Å². The second-order valence-corrected chi connectivity index (χ2v) is 5.43. The van der Waals surface area contributed by atoms with Gasteiger partial charge in [-0.25, -0.2) is 0 Å². The van der Waals surface area contributed by atoms with Crippen LogP contribution < -0.4 is 0 Å². The van der Waals surface area contributed by atoms with Gasteiger partial charge in [-0.15, -0.1) is 0 Å². The average molecular weight is 329 g/mol. The van der Waals surface area contributed by atoms with Crippen LogP contribution in [0.2, 0.25) is 0 Å². The highest BCUT2D eigenvalue weighted by molar-refractivity contribution is 5.92. The monoisotopic (exact) mass is 329 g/mol. The number of carbonyl (C=O) groups excluding carboxylic acids is 1. The van der Waals surface area contributed by atoms with Gasteiger partial charge in [0.1, 0.15) is 0 Å². The fourth-order valence-electron chi connectivity index (χ4n) is 2.28. The Morgan fingerprint density at radius 2 is 2.04 bits per heavy atom. The van der Waals surface area contributed by atoms with Crippen LogP contribution in [0.5, 0.6) is 0 Å². The van der Waals surface area contributed by atoms with Crippen LogP contribution in [0.15, 0.2) is 30.3 Å². The summed E-state index contributed by atoms with van der Waals surface area (Å²) >= 11 is 0. The molecular weight excluding hydrogens is 311 g/mol. The highest BCUT2D eigenvalue weighted by atomic mass is 19.4. The van der Waals surface area contributed by atoms with Crippen molar-refractivity contribution in [1.82, 2.24) is 4.90 Å². The van der Waals surface area contributed by atoms with Crippen molar-refractivity contribution >= 4 is 12.0 Å². The maximum absolute atomic E-state index is 12.5. The standard InChI is InChI=1S/C16H18F3NO3/c1-11-10-23-14(9-21)8-20(11)15(22)7-4-12-2-5-13(6-3-12)16(17,18)19/h2-7,11,14,21H,8-10H2,1H3/b7-4+. The molecule has 1 aliphatic rings. The van der Waals surface area contributed by atoms with E-state index in [2.05, 4.69) is 0 Å². The Morgan fingerprint density at radius 3 is 2.61 bits per heavy atom. The average Bonchev–Trinajstić information content (AvgIpc) is 2.52. The third-order valence-corrected chi connectivity index (χ3v) is 3.65. The van der Waals surface area contributed by atoms with E-state index in [-0.39, 0.29) is 25.1 Å². The zero-order valence-corrected chi connectivity index (χ0v) is 12.6. The number of morpholine rings is 1. The Balaban J connectivity index is 2.02. The van der Waals surface area contributed by atoms with Gasteiger partial charge in [0.2, 0.25) is 5.91 Å². The molecule has 4 nitrogen and oxygen atoms in total. The van der Waals surface area contributed by atoms with E-state index in [0.29, 0.717) is 12.2 Å². The first kappa shape index (κ1) is 17.5. The van der Waals surface area contributed by atoms with Crippen molar-refractivity contribution in [3.05, 3.63) is 41.5 Å². The first-order valence-electron chi connectivity index (χ1n) is 7.19. The summed E-state index contributed by atoms with van der Waals surface area (Å²) in [7, 11) is 0. The summed E-state index contributed by atoms with van der Waals surface area (Å²) in [6.07, 6.45) is -1.99. The van der Waals surface area contributed by atoms with E-state index in [4.69, 9.17) is 9.84 Å². The molecular formula is C16H18F3NO3. The summed E-state index contributed by atoms with van der Waals surface area (Å²) in [6, 6.07) is 4.45. The van der Waals surface area contributed by atoms with Gasteiger partial charge in [0.05, 0.1) is 30.9 Å². The number of hydrogen-bond acceptors (Lipinski definition) is 3. The summed E-state index contributed by atoms with van der Waals surface area (Å²) in [5.74, 6) is -0.265. The van der Waals surface area contributed by atoms with Gasteiger partial charge in [-0.3, -0.25) is 4.79 Å². The lowest BCUT2D eigenvalue weighted by Gasteiger charge is -2.36. The van der Waals surface area contributed by atoms with Gasteiger partial charge < -0.3 is 14.7 Å². The van der Waals surface area contributed by atoms with E-state index in [9.17, 15) is 18.0 Å². The summed E-state index contributed by atoms with van der Waals surface area (Å²) in [6.45, 7) is 2.29. The normalized spacial score (nSPS) is 22.6. The Kier molecular flexibility index (Phi) is 5.43. The molecule has 0 bridgehead atoms. The Morgan fingerprint density at radius 1 is 1.39 bits per heavy atom. The SMILES string of the molecule is CC1COC(CO)CN1C(=O)/C=C/c1ccc(C(F)(F)F)cc1. The number of hydrogen-bond donors (Lipinski definition) is 1. The number of nitrogens with zero attached hydrogens (tertiary/aromatic N) is 1. The van der Waals surface area contributed by atoms with E-state index < -0.39 is 17.8 Å². The highest BCUT2D eigenvalue weighted by Gasteiger charge is 2.30. The number of rotatable bonds is 3. The molecule has 23 heavy (non-hydrogen) atoms. The molecule has 0 aliphatic carbocycles. The number of halogens is 3. The van der Waals surface area contributed by atoms with Gasteiger partial charge in [0.25, 0.3) is 0 Å². The number of aliphatic hydroxyl groups excluding tert-OH is 1. The first-order chi connectivity index (χ1) is 10.8. The second-order valence-electron chi connectivity index (χ2n) is 5.43. The summed E-state index contributed by atoms with van der Waals surface area (Å²) in [5.41, 5.74) is -0.223. The fourth-order valence-corrected chi connectivity index (χ4v) is 2.28. The van der Waals surface area contributed by atoms with Crippen LogP contribution in [-0.2, 0) is 15.7 Å². The molecule has 1 aliphatic heterocycles. The van der Waals surface area contributed by atoms with Gasteiger partial charge in [-0.05, 0) is 30.7 Å². The van der Waals surface area contributed by atoms with Gasteiger partial charge in [-0.1, -0.05) is 12.1 Å². The molecule has 1 aromatic rings. The Labute approximate surface area is 132 Å². The molecule has 1 saturated heterocycles. The summed E-state index contributed by atoms with van der Waals surface area (Å²) in [4.78, 5) is 13.8. The minimum absolute atomic E-state index is 0.123. The van der Waals surface area contributed by atoms with Crippen LogP contribution in [-0.4, -0.2) is 47.8 Å². The third-order valence-electron chi connectivity index (χ3n) is 3.65. The quantitative estimate of drug-likeness (QED) is 0.866. The van der Waals surface area contributed by atoms with E-state index in [0.717, 1.165) is 12.1 Å². The predicted molar refractivity (Wildman–Crippen MR) is 78.5 cm³/mol. The van der Waals surface area contributed by atoms with Crippen molar-refractivity contribution in [2.75, 3.05) is 19.8 Å². The van der Waals surface area contributed by atoms with Crippen LogP contribution in [0.4, 0.5) is 13.2 Å². The molecule has 126 valence electrons. The minimum atomic E-state index is -4.37. The molecule has 1 N–H and O–H groups in total. The van der Waals surface area contributed by atoms with E-state index in [1.54, 1.807) is 4.90 Å². The number of alkyl halides is 3. The predicted octanol–water partition coefficient (Wildman–Crippen LogP) is 2.33. The maximum atomic E-state index is 12.5. The van der Waals surface area contributed by atoms with Crippen molar-refractivity contribution in [2.45, 2.75) is 25.2 Å². The first-order valence-corrected chi connectivity index (χ1v) is 7.19. The van der Waals surface area contributed by atoms with Crippen molar-refractivity contribution in [1.29, 1.82) is 0 Å². The lowest BCUT2D eigenvalue weighted by atomic mass is 10.1. The summed E-state index contributed by atoms with van der Waals surface area (Å²) in [5, 5.41) is 9.10. The third kappa shape index (κ3) is 4.56. The number of amides is 1. The smallest absolute Gasteiger partial charge is 0.394 e. The van der Waals surface area contributed by atoms with Gasteiger partial charge in [0, 0.05) is 12.6 Å². The molecule has 2 rings (SSSR count). The van der Waals surface area contributed by atoms with Crippen molar-refractivity contribution in [3.8, 4) is 0 Å². The number of aliphatic hydroxyl groups is 1. The largest absolute Gasteiger partial charge is 0.416 e. The number of carbonyl (C=O) groups is 1. The molecule has 0 radical (unpaired) electrons. The van der Waals surface area contributed by atoms with Crippen molar-refractivity contribution in [2.24, 2.45) is 0 Å². The lowest BCUT2D eigenvalue weighted by Crippen LogP contribution is -2.51. The van der Waals surface area contributed by atoms with Crippen LogP contribution in [0.3, 0.4) is 0 Å². The molecule has 2 atom stereocenters. The van der Waals surface area contributed by atoms with Crippen LogP contribution in [0, 0.1) is 0 Å². The van der Waals surface area contributed by atoms with E-state index in [1.807, 2.05) is 6.92 Å². The Hall–Kier alpha value is -1.86. The molecule has 1 fully saturated rings. The van der Waals surface area contributed by atoms with Gasteiger partial charge in [-0.2, -0.15) is 13.2 Å². The second kappa shape index (κ2) is 7.14. The number of benzene rings is 1. The highest BCUT2D eigenvalue weighted by Crippen LogP contribution is 2.29. The zero-order valence-electron chi connectivity index (χ0n) is 12.6. The molecule has 1 amide bonds. The van der Waals surface area contributed by atoms with E-state index >= 15 is 0 Å². The van der Waals surface area contributed by atoms with Crippen LogP contribution in [0.25, 0.3) is 6.08 Å². The van der Waals surface area contributed by atoms with Gasteiger partial charge in [0.15, 0.2) is 0 Å². The van der Waals surface area contributed by atoms with Crippen LogP contribution in [0.1, 0.15) is 18.1 Å². The zero-order chi connectivity index (χ0) is 17.0. The summed E-state index contributed by atoms with van der Waals surface area (Å²) < 4.78 is 42.8. The molecule has 0 saturated carbocycles. The lowest BCUT2D eigenvalue weighted by molar-refractivity contribution is -0.141. The molecule has 7 heteroatoms. The topological polar surface area (TPSA) is 49.8 Å². The fraction of sp³-hybridized carbons (Fsp3) is 0.438.